The van der Waals surface area contributed by atoms with Crippen LogP contribution in [-0.4, -0.2) is 18.8 Å². The van der Waals surface area contributed by atoms with Gasteiger partial charge in [0.05, 0.1) is 10.6 Å². The van der Waals surface area contributed by atoms with Crippen LogP contribution < -0.4 is 10.1 Å². The van der Waals surface area contributed by atoms with E-state index in [1.165, 1.54) is 24.3 Å². The highest BCUT2D eigenvalue weighted by Crippen LogP contribution is 2.24. The van der Waals surface area contributed by atoms with Crippen LogP contribution >= 0.6 is 11.6 Å². The lowest BCUT2D eigenvalue weighted by Crippen LogP contribution is -2.20. The smallest absolute Gasteiger partial charge is 0.262 e. The van der Waals surface area contributed by atoms with E-state index in [0.29, 0.717) is 12.0 Å². The van der Waals surface area contributed by atoms with Gasteiger partial charge in [-0.1, -0.05) is 23.7 Å². The first-order chi connectivity index (χ1) is 10.1. The molecule has 0 heterocycles. The molecule has 0 saturated heterocycles. The fraction of sp³-hybridized carbons (Fsp3) is 0.0667. The Kier molecular flexibility index (Phi) is 4.90. The molecule has 0 aliphatic carbocycles. The Hall–Kier alpha value is -2.40. The molecule has 0 saturated carbocycles. The number of benzene rings is 2. The van der Waals surface area contributed by atoms with Crippen LogP contribution in [0, 0.1) is 5.82 Å². The third-order valence-electron chi connectivity index (χ3n) is 2.60. The number of nitrogens with one attached hydrogen (secondary N) is 1. The molecule has 4 nitrogen and oxygen atoms in total. The largest absolute Gasteiger partial charge is 0.483 e. The van der Waals surface area contributed by atoms with Crippen molar-refractivity contribution in [2.45, 2.75) is 0 Å². The number of amides is 1. The maximum Gasteiger partial charge on any atom is 0.262 e. The van der Waals surface area contributed by atoms with Crippen LogP contribution in [0.4, 0.5) is 10.1 Å². The summed E-state index contributed by atoms with van der Waals surface area (Å²) < 4.78 is 18.2. The van der Waals surface area contributed by atoms with Crippen LogP contribution in [0.5, 0.6) is 5.75 Å². The molecule has 6 heteroatoms. The number of carbonyl (C=O) groups is 2. The predicted molar refractivity (Wildman–Crippen MR) is 77.4 cm³/mol. The van der Waals surface area contributed by atoms with Gasteiger partial charge < -0.3 is 10.1 Å². The van der Waals surface area contributed by atoms with Gasteiger partial charge in [-0.15, -0.1) is 0 Å². The summed E-state index contributed by atoms with van der Waals surface area (Å²) in [7, 11) is 0. The summed E-state index contributed by atoms with van der Waals surface area (Å²) in [6, 6.07) is 10.2. The van der Waals surface area contributed by atoms with Crippen LogP contribution in [0.1, 0.15) is 10.4 Å². The fourth-order valence-electron chi connectivity index (χ4n) is 1.66. The zero-order chi connectivity index (χ0) is 15.2. The Morgan fingerprint density at radius 1 is 1.29 bits per heavy atom. The van der Waals surface area contributed by atoms with E-state index in [1.807, 2.05) is 0 Å². The number of anilines is 1. The van der Waals surface area contributed by atoms with E-state index in [1.54, 1.807) is 18.2 Å². The van der Waals surface area contributed by atoms with Gasteiger partial charge in [-0.2, -0.15) is 0 Å². The molecule has 0 radical (unpaired) electrons. The molecular weight excluding hydrogens is 297 g/mol. The molecule has 0 aromatic heterocycles. The first-order valence-corrected chi connectivity index (χ1v) is 6.40. The van der Waals surface area contributed by atoms with E-state index in [0.717, 1.165) is 0 Å². The summed E-state index contributed by atoms with van der Waals surface area (Å²) >= 11 is 5.84. The van der Waals surface area contributed by atoms with Gasteiger partial charge in [-0.25, -0.2) is 4.39 Å². The zero-order valence-corrected chi connectivity index (χ0v) is 11.6. The monoisotopic (exact) mass is 307 g/mol. The van der Waals surface area contributed by atoms with Gasteiger partial charge in [0.25, 0.3) is 5.91 Å². The van der Waals surface area contributed by atoms with E-state index in [2.05, 4.69) is 5.32 Å². The zero-order valence-electron chi connectivity index (χ0n) is 10.8. The summed E-state index contributed by atoms with van der Waals surface area (Å²) in [5.41, 5.74) is 0.503. The van der Waals surface area contributed by atoms with Crippen molar-refractivity contribution in [1.29, 1.82) is 0 Å². The van der Waals surface area contributed by atoms with Crippen LogP contribution in [-0.2, 0) is 4.79 Å². The third-order valence-corrected chi connectivity index (χ3v) is 2.93. The standard InChI is InChI=1S/C15H11ClFNO3/c16-13-5-2-6-14(12(13)8-19)21-9-15(20)18-11-4-1-3-10(17)7-11/h1-8H,9H2,(H,18,20). The van der Waals surface area contributed by atoms with Crippen LogP contribution in [0.3, 0.4) is 0 Å². The second-order valence-corrected chi connectivity index (χ2v) is 4.52. The molecule has 1 amide bonds. The van der Waals surface area contributed by atoms with Crippen LogP contribution in [0.15, 0.2) is 42.5 Å². The van der Waals surface area contributed by atoms with Crippen molar-refractivity contribution >= 4 is 29.5 Å². The second kappa shape index (κ2) is 6.85. The van der Waals surface area contributed by atoms with E-state index >= 15 is 0 Å². The van der Waals surface area contributed by atoms with Crippen LogP contribution in [0.2, 0.25) is 5.02 Å². The summed E-state index contributed by atoms with van der Waals surface area (Å²) in [6.45, 7) is -0.322. The van der Waals surface area contributed by atoms with Gasteiger partial charge in [-0.3, -0.25) is 9.59 Å². The Bertz CT molecular complexity index is 676. The molecule has 1 N–H and O–H groups in total. The summed E-state index contributed by atoms with van der Waals surface area (Å²) in [5.74, 6) is -0.712. The molecule has 2 aromatic carbocycles. The average molecular weight is 308 g/mol. The Morgan fingerprint density at radius 3 is 2.76 bits per heavy atom. The number of hydrogen-bond acceptors (Lipinski definition) is 3. The fourth-order valence-corrected chi connectivity index (χ4v) is 1.87. The van der Waals surface area contributed by atoms with Crippen molar-refractivity contribution < 1.29 is 18.7 Å². The van der Waals surface area contributed by atoms with Crippen molar-refractivity contribution in [3.8, 4) is 5.75 Å². The number of carbonyl (C=O) groups excluding carboxylic acids is 2. The highest BCUT2D eigenvalue weighted by atomic mass is 35.5. The molecule has 2 rings (SSSR count). The predicted octanol–water partition coefficient (Wildman–Crippen LogP) is 3.31. The number of aldehydes is 1. The summed E-state index contributed by atoms with van der Waals surface area (Å²) in [4.78, 5) is 22.6. The minimum absolute atomic E-state index is 0.178. The highest BCUT2D eigenvalue weighted by Gasteiger charge is 2.10. The Labute approximate surface area is 125 Å². The minimum Gasteiger partial charge on any atom is -0.483 e. The molecule has 0 spiro atoms. The number of hydrogen-bond donors (Lipinski definition) is 1. The average Bonchev–Trinajstić information content (AvgIpc) is 2.45. The lowest BCUT2D eigenvalue weighted by Gasteiger charge is -2.09. The number of rotatable bonds is 5. The van der Waals surface area contributed by atoms with E-state index in [4.69, 9.17) is 16.3 Å². The lowest BCUT2D eigenvalue weighted by atomic mass is 10.2. The maximum atomic E-state index is 13.0. The van der Waals surface area contributed by atoms with Gasteiger partial charge in [0, 0.05) is 5.69 Å². The van der Waals surface area contributed by atoms with Gasteiger partial charge in [0.1, 0.15) is 11.6 Å². The molecular formula is C15H11ClFNO3. The molecule has 0 bridgehead atoms. The molecule has 0 fully saturated rings. The summed E-state index contributed by atoms with van der Waals surface area (Å²) in [6.07, 6.45) is 0.558. The molecule has 0 aliphatic heterocycles. The van der Waals surface area contributed by atoms with Crippen molar-refractivity contribution in [1.82, 2.24) is 0 Å². The van der Waals surface area contributed by atoms with Gasteiger partial charge in [0.15, 0.2) is 12.9 Å². The minimum atomic E-state index is -0.475. The number of halogens is 2. The SMILES string of the molecule is O=Cc1c(Cl)cccc1OCC(=O)Nc1cccc(F)c1. The third kappa shape index (κ3) is 4.03. The molecule has 108 valence electrons. The molecule has 0 atom stereocenters. The van der Waals surface area contributed by atoms with Crippen molar-refractivity contribution in [3.05, 3.63) is 58.9 Å². The molecule has 21 heavy (non-hydrogen) atoms. The molecule has 2 aromatic rings. The van der Waals surface area contributed by atoms with Crippen molar-refractivity contribution in [3.63, 3.8) is 0 Å². The maximum absolute atomic E-state index is 13.0. The number of ether oxygens (including phenoxy) is 1. The topological polar surface area (TPSA) is 55.4 Å². The Morgan fingerprint density at radius 2 is 2.05 bits per heavy atom. The van der Waals surface area contributed by atoms with Gasteiger partial charge in [0.2, 0.25) is 0 Å². The first-order valence-electron chi connectivity index (χ1n) is 6.02. The summed E-state index contributed by atoms with van der Waals surface area (Å²) in [5, 5.41) is 2.72. The highest BCUT2D eigenvalue weighted by molar-refractivity contribution is 6.33. The lowest BCUT2D eigenvalue weighted by molar-refractivity contribution is -0.118. The normalized spacial score (nSPS) is 10.0. The first kappa shape index (κ1) is 15.0. The molecule has 0 unspecified atom stereocenters. The van der Waals surface area contributed by atoms with Gasteiger partial charge in [-0.05, 0) is 30.3 Å². The second-order valence-electron chi connectivity index (χ2n) is 4.12. The van der Waals surface area contributed by atoms with E-state index in [-0.39, 0.29) is 22.9 Å². The van der Waals surface area contributed by atoms with Crippen molar-refractivity contribution in [2.24, 2.45) is 0 Å². The molecule has 0 aliphatic rings. The van der Waals surface area contributed by atoms with Crippen molar-refractivity contribution in [2.75, 3.05) is 11.9 Å². The van der Waals surface area contributed by atoms with E-state index in [9.17, 15) is 14.0 Å². The quantitative estimate of drug-likeness (QED) is 0.862. The Balaban J connectivity index is 1.99. The van der Waals surface area contributed by atoms with Gasteiger partial charge >= 0.3 is 0 Å². The van der Waals surface area contributed by atoms with Crippen LogP contribution in [0.25, 0.3) is 0 Å². The van der Waals surface area contributed by atoms with E-state index < -0.39 is 11.7 Å².